The number of aliphatic carboxylic acids is 1. The summed E-state index contributed by atoms with van der Waals surface area (Å²) in [6.45, 7) is 8.59. The molecule has 1 atom stereocenters. The number of nitrogens with one attached hydrogen (secondary N) is 2. The van der Waals surface area contributed by atoms with Crippen LogP contribution in [0.4, 0.5) is 4.79 Å². The molecule has 3 N–H and O–H groups in total. The van der Waals surface area contributed by atoms with Crippen LogP contribution in [-0.2, 0) is 9.59 Å². The molecule has 7 heteroatoms. The molecule has 0 saturated carbocycles. The topological polar surface area (TPSA) is 98.7 Å². The fourth-order valence-corrected chi connectivity index (χ4v) is 1.31. The van der Waals surface area contributed by atoms with Crippen molar-refractivity contribution >= 4 is 17.9 Å². The summed E-state index contributed by atoms with van der Waals surface area (Å²) in [6, 6.07) is -1.30. The van der Waals surface area contributed by atoms with E-state index in [0.717, 1.165) is 4.90 Å². The molecule has 0 bridgehead atoms. The Balaban J connectivity index is 4.45. The Morgan fingerprint density at radius 3 is 2.16 bits per heavy atom. The van der Waals surface area contributed by atoms with Crippen molar-refractivity contribution in [1.29, 1.82) is 0 Å². The van der Waals surface area contributed by atoms with E-state index >= 15 is 0 Å². The molecule has 7 nitrogen and oxygen atoms in total. The molecule has 0 aromatic rings. The second kappa shape index (κ2) is 6.96. The van der Waals surface area contributed by atoms with Crippen molar-refractivity contribution in [1.82, 2.24) is 15.5 Å². The van der Waals surface area contributed by atoms with Crippen LogP contribution in [0.3, 0.4) is 0 Å². The summed E-state index contributed by atoms with van der Waals surface area (Å²) in [5.74, 6) is -1.41. The molecule has 0 aromatic heterocycles. The van der Waals surface area contributed by atoms with Gasteiger partial charge in [0.1, 0.15) is 12.6 Å². The highest BCUT2D eigenvalue weighted by Crippen LogP contribution is 2.00. The molecule has 110 valence electrons. The van der Waals surface area contributed by atoms with E-state index in [4.69, 9.17) is 5.11 Å². The quantitative estimate of drug-likeness (QED) is 0.675. The average molecular weight is 273 g/mol. The number of carboxylic acid groups (broad SMARTS) is 1. The number of amides is 3. The van der Waals surface area contributed by atoms with Gasteiger partial charge >= 0.3 is 12.0 Å². The van der Waals surface area contributed by atoms with Gasteiger partial charge < -0.3 is 20.6 Å². The van der Waals surface area contributed by atoms with Gasteiger partial charge in [-0.2, -0.15) is 0 Å². The summed E-state index contributed by atoms with van der Waals surface area (Å²) >= 11 is 0. The third kappa shape index (κ3) is 7.28. The zero-order valence-corrected chi connectivity index (χ0v) is 12.1. The summed E-state index contributed by atoms with van der Waals surface area (Å²) in [6.07, 6.45) is 0. The molecule has 0 aliphatic carbocycles. The summed E-state index contributed by atoms with van der Waals surface area (Å²) in [4.78, 5) is 35.2. The van der Waals surface area contributed by atoms with E-state index in [0.29, 0.717) is 0 Å². The van der Waals surface area contributed by atoms with Crippen molar-refractivity contribution in [3.8, 4) is 0 Å². The normalized spacial score (nSPS) is 12.5. The monoisotopic (exact) mass is 273 g/mol. The first-order chi connectivity index (χ1) is 8.56. The summed E-state index contributed by atoms with van der Waals surface area (Å²) in [7, 11) is 0. The van der Waals surface area contributed by atoms with Crippen molar-refractivity contribution in [3.63, 3.8) is 0 Å². The first-order valence-electron chi connectivity index (χ1n) is 6.16. The van der Waals surface area contributed by atoms with Gasteiger partial charge in [-0.05, 0) is 34.6 Å². The molecular formula is C12H23N3O4. The van der Waals surface area contributed by atoms with Crippen LogP contribution in [0, 0.1) is 0 Å². The number of carbonyl (C=O) groups excluding carboxylic acids is 2. The third-order valence-electron chi connectivity index (χ3n) is 2.23. The van der Waals surface area contributed by atoms with Crippen molar-refractivity contribution in [2.45, 2.75) is 46.2 Å². The Labute approximate surface area is 113 Å². The number of nitrogens with zero attached hydrogens (tertiary/aromatic N) is 1. The molecule has 3 amide bonds. The zero-order valence-electron chi connectivity index (χ0n) is 12.1. The number of urea groups is 1. The lowest BCUT2D eigenvalue weighted by molar-refractivity contribution is -0.137. The van der Waals surface area contributed by atoms with Gasteiger partial charge in [0.15, 0.2) is 0 Å². The Morgan fingerprint density at radius 1 is 1.26 bits per heavy atom. The Bertz CT molecular complexity index is 349. The molecule has 0 aromatic carbocycles. The molecule has 0 radical (unpaired) electrons. The highest BCUT2D eigenvalue weighted by molar-refractivity contribution is 5.88. The third-order valence-corrected chi connectivity index (χ3v) is 2.23. The highest BCUT2D eigenvalue weighted by Gasteiger charge is 2.23. The van der Waals surface area contributed by atoms with Crippen molar-refractivity contribution in [3.05, 3.63) is 0 Å². The minimum absolute atomic E-state index is 0.256. The zero-order chi connectivity index (χ0) is 15.2. The van der Waals surface area contributed by atoms with E-state index in [1.807, 2.05) is 20.8 Å². The SMILES string of the molecule is CCN(CC(=O)O)C(=O)NC(C)C(=O)NC(C)(C)C. The van der Waals surface area contributed by atoms with Gasteiger partial charge in [0.25, 0.3) is 0 Å². The van der Waals surface area contributed by atoms with Crippen LogP contribution in [0.15, 0.2) is 0 Å². The van der Waals surface area contributed by atoms with E-state index in [2.05, 4.69) is 10.6 Å². The maximum Gasteiger partial charge on any atom is 0.323 e. The molecule has 0 heterocycles. The van der Waals surface area contributed by atoms with Crippen LogP contribution in [-0.4, -0.2) is 52.6 Å². The summed E-state index contributed by atoms with van der Waals surface area (Å²) in [5.41, 5.74) is -0.387. The van der Waals surface area contributed by atoms with Gasteiger partial charge in [0, 0.05) is 12.1 Å². The molecule has 19 heavy (non-hydrogen) atoms. The van der Waals surface area contributed by atoms with E-state index in [-0.39, 0.29) is 18.0 Å². The summed E-state index contributed by atoms with van der Waals surface area (Å²) < 4.78 is 0. The lowest BCUT2D eigenvalue weighted by atomic mass is 10.1. The Kier molecular flexibility index (Phi) is 6.31. The van der Waals surface area contributed by atoms with E-state index in [1.54, 1.807) is 13.8 Å². The fourth-order valence-electron chi connectivity index (χ4n) is 1.31. The molecule has 1 unspecified atom stereocenters. The van der Waals surface area contributed by atoms with Crippen molar-refractivity contribution in [2.75, 3.05) is 13.1 Å². The standard InChI is InChI=1S/C12H23N3O4/c1-6-15(7-9(16)17)11(19)13-8(2)10(18)14-12(3,4)5/h8H,6-7H2,1-5H3,(H,13,19)(H,14,18)(H,16,17). The first kappa shape index (κ1) is 17.2. The molecular weight excluding hydrogens is 250 g/mol. The van der Waals surface area contributed by atoms with Gasteiger partial charge in [-0.15, -0.1) is 0 Å². The Morgan fingerprint density at radius 2 is 1.79 bits per heavy atom. The van der Waals surface area contributed by atoms with E-state index < -0.39 is 24.6 Å². The van der Waals surface area contributed by atoms with Crippen LogP contribution in [0.2, 0.25) is 0 Å². The molecule has 0 fully saturated rings. The second-order valence-corrected chi connectivity index (χ2v) is 5.32. The van der Waals surface area contributed by atoms with Crippen LogP contribution >= 0.6 is 0 Å². The maximum absolute atomic E-state index is 11.8. The van der Waals surface area contributed by atoms with Gasteiger partial charge in [0.05, 0.1) is 0 Å². The van der Waals surface area contributed by atoms with Crippen LogP contribution in [0.5, 0.6) is 0 Å². The minimum atomic E-state index is -1.09. The number of hydrogen-bond donors (Lipinski definition) is 3. The molecule has 0 saturated heterocycles. The molecule has 0 spiro atoms. The maximum atomic E-state index is 11.8. The second-order valence-electron chi connectivity index (χ2n) is 5.32. The number of carboxylic acids is 1. The lowest BCUT2D eigenvalue weighted by Gasteiger charge is -2.25. The molecule has 0 aliphatic rings. The smallest absolute Gasteiger partial charge is 0.323 e. The van der Waals surface area contributed by atoms with Gasteiger partial charge in [-0.25, -0.2) is 4.79 Å². The van der Waals surface area contributed by atoms with Crippen molar-refractivity contribution < 1.29 is 19.5 Å². The van der Waals surface area contributed by atoms with Crippen LogP contribution < -0.4 is 10.6 Å². The van der Waals surface area contributed by atoms with Crippen LogP contribution in [0.25, 0.3) is 0 Å². The predicted octanol–water partition coefficient (Wildman–Crippen LogP) is 0.406. The van der Waals surface area contributed by atoms with Gasteiger partial charge in [0.2, 0.25) is 5.91 Å². The average Bonchev–Trinajstić information content (AvgIpc) is 2.22. The highest BCUT2D eigenvalue weighted by atomic mass is 16.4. The van der Waals surface area contributed by atoms with Gasteiger partial charge in [-0.1, -0.05) is 0 Å². The number of rotatable bonds is 5. The predicted molar refractivity (Wildman–Crippen MR) is 70.8 cm³/mol. The van der Waals surface area contributed by atoms with E-state index in [1.165, 1.54) is 0 Å². The van der Waals surface area contributed by atoms with Crippen molar-refractivity contribution in [2.24, 2.45) is 0 Å². The van der Waals surface area contributed by atoms with Gasteiger partial charge in [-0.3, -0.25) is 9.59 Å². The summed E-state index contributed by atoms with van der Waals surface area (Å²) in [5, 5.41) is 13.9. The first-order valence-corrected chi connectivity index (χ1v) is 6.16. The van der Waals surface area contributed by atoms with E-state index in [9.17, 15) is 14.4 Å². The largest absolute Gasteiger partial charge is 0.480 e. The van der Waals surface area contributed by atoms with Crippen LogP contribution in [0.1, 0.15) is 34.6 Å². The molecule has 0 rings (SSSR count). The number of hydrogen-bond acceptors (Lipinski definition) is 3. The Hall–Kier alpha value is -1.79. The number of carbonyl (C=O) groups is 3. The lowest BCUT2D eigenvalue weighted by Crippen LogP contribution is -2.54. The fraction of sp³-hybridized carbons (Fsp3) is 0.750. The minimum Gasteiger partial charge on any atom is -0.480 e. The number of likely N-dealkylation sites (N-methyl/N-ethyl adjacent to an activating group) is 1. The molecule has 0 aliphatic heterocycles.